The summed E-state index contributed by atoms with van der Waals surface area (Å²) in [5.41, 5.74) is 1.71. The molecular formula is C20H20N6O2S. The van der Waals surface area contributed by atoms with Gasteiger partial charge in [0.2, 0.25) is 11.8 Å². The van der Waals surface area contributed by atoms with Crippen LogP contribution in [0.4, 0.5) is 0 Å². The molecule has 0 aromatic carbocycles. The second kappa shape index (κ2) is 8.87. The molecule has 1 aliphatic heterocycles. The molecule has 9 heteroatoms. The third-order valence-corrected chi connectivity index (χ3v) is 5.54. The monoisotopic (exact) mass is 408 g/mol. The summed E-state index contributed by atoms with van der Waals surface area (Å²) >= 11 is 1.48. The third-order valence-electron chi connectivity index (χ3n) is 4.65. The van der Waals surface area contributed by atoms with Gasteiger partial charge in [0.15, 0.2) is 10.8 Å². The van der Waals surface area contributed by atoms with E-state index < -0.39 is 0 Å². The minimum Gasteiger partial charge on any atom is -0.355 e. The Morgan fingerprint density at radius 3 is 2.76 bits per heavy atom. The summed E-state index contributed by atoms with van der Waals surface area (Å²) in [6.07, 6.45) is 5.93. The summed E-state index contributed by atoms with van der Waals surface area (Å²) in [7, 11) is 0. The van der Waals surface area contributed by atoms with Gasteiger partial charge >= 0.3 is 0 Å². The first-order valence-electron chi connectivity index (χ1n) is 9.36. The standard InChI is InChI=1S/C20H20N6O2S/c27-17-10-14(11-26(17)12-15-4-1-2-6-21-15)19(28)24-9-5-16-13-29-20(25-16)18-22-7-3-8-23-18/h1-4,6-8,13-14H,5,9-12H2,(H,24,28). The van der Waals surface area contributed by atoms with E-state index in [-0.39, 0.29) is 24.2 Å². The molecule has 3 aromatic rings. The van der Waals surface area contributed by atoms with Crippen molar-refractivity contribution in [1.29, 1.82) is 0 Å². The predicted molar refractivity (Wildman–Crippen MR) is 108 cm³/mol. The molecule has 29 heavy (non-hydrogen) atoms. The van der Waals surface area contributed by atoms with E-state index in [1.165, 1.54) is 11.3 Å². The van der Waals surface area contributed by atoms with Gasteiger partial charge in [-0.05, 0) is 18.2 Å². The van der Waals surface area contributed by atoms with Crippen LogP contribution in [0.25, 0.3) is 10.8 Å². The second-order valence-corrected chi connectivity index (χ2v) is 7.61. The molecule has 2 amide bonds. The Morgan fingerprint density at radius 1 is 1.14 bits per heavy atom. The van der Waals surface area contributed by atoms with Gasteiger partial charge in [-0.15, -0.1) is 11.3 Å². The number of rotatable bonds is 7. The smallest absolute Gasteiger partial charge is 0.225 e. The number of thiazole rings is 1. The molecule has 0 radical (unpaired) electrons. The van der Waals surface area contributed by atoms with Crippen LogP contribution in [0.2, 0.25) is 0 Å². The Labute approximate surface area is 172 Å². The van der Waals surface area contributed by atoms with Crippen molar-refractivity contribution in [2.45, 2.75) is 19.4 Å². The first-order valence-corrected chi connectivity index (χ1v) is 10.2. The Kier molecular flexibility index (Phi) is 5.85. The number of amides is 2. The van der Waals surface area contributed by atoms with Gasteiger partial charge in [0.1, 0.15) is 0 Å². The quantitative estimate of drug-likeness (QED) is 0.639. The van der Waals surface area contributed by atoms with E-state index in [4.69, 9.17) is 0 Å². The Balaban J connectivity index is 1.25. The lowest BCUT2D eigenvalue weighted by atomic mass is 10.1. The van der Waals surface area contributed by atoms with E-state index in [9.17, 15) is 9.59 Å². The molecule has 4 rings (SSSR count). The number of carbonyl (C=O) groups excluding carboxylic acids is 2. The molecule has 3 aromatic heterocycles. The van der Waals surface area contributed by atoms with Crippen molar-refractivity contribution in [1.82, 2.24) is 30.2 Å². The lowest BCUT2D eigenvalue weighted by Crippen LogP contribution is -2.34. The van der Waals surface area contributed by atoms with Crippen LogP contribution in [0.15, 0.2) is 48.2 Å². The molecule has 0 bridgehead atoms. The largest absolute Gasteiger partial charge is 0.355 e. The predicted octanol–water partition coefficient (Wildman–Crippen LogP) is 1.70. The Hall–Kier alpha value is -3.20. The number of likely N-dealkylation sites (tertiary alicyclic amines) is 1. The molecule has 8 nitrogen and oxygen atoms in total. The van der Waals surface area contributed by atoms with Gasteiger partial charge in [0.05, 0.1) is 23.9 Å². The first-order chi connectivity index (χ1) is 14.2. The van der Waals surface area contributed by atoms with Crippen LogP contribution >= 0.6 is 11.3 Å². The van der Waals surface area contributed by atoms with Crippen LogP contribution in [0.1, 0.15) is 17.8 Å². The Bertz CT molecular complexity index is 979. The number of pyridine rings is 1. The van der Waals surface area contributed by atoms with E-state index in [1.54, 1.807) is 29.6 Å². The highest BCUT2D eigenvalue weighted by atomic mass is 32.1. The summed E-state index contributed by atoms with van der Waals surface area (Å²) in [6, 6.07) is 7.37. The molecule has 1 saturated heterocycles. The van der Waals surface area contributed by atoms with Gasteiger partial charge in [0, 0.05) is 49.9 Å². The van der Waals surface area contributed by atoms with Gasteiger partial charge < -0.3 is 10.2 Å². The normalized spacial score (nSPS) is 16.2. The zero-order valence-electron chi connectivity index (χ0n) is 15.7. The highest BCUT2D eigenvalue weighted by molar-refractivity contribution is 7.13. The fourth-order valence-corrected chi connectivity index (χ4v) is 3.98. The van der Waals surface area contributed by atoms with Crippen molar-refractivity contribution in [2.75, 3.05) is 13.1 Å². The van der Waals surface area contributed by atoms with E-state index in [2.05, 4.69) is 25.3 Å². The van der Waals surface area contributed by atoms with Crippen molar-refractivity contribution in [2.24, 2.45) is 5.92 Å². The Morgan fingerprint density at radius 2 is 1.97 bits per heavy atom. The molecule has 0 spiro atoms. The van der Waals surface area contributed by atoms with Gasteiger partial charge in [-0.3, -0.25) is 14.6 Å². The maximum atomic E-state index is 12.5. The van der Waals surface area contributed by atoms with Crippen LogP contribution in [0, 0.1) is 5.92 Å². The van der Waals surface area contributed by atoms with Crippen LogP contribution in [0.5, 0.6) is 0 Å². The zero-order chi connectivity index (χ0) is 20.1. The molecule has 1 unspecified atom stereocenters. The zero-order valence-corrected chi connectivity index (χ0v) is 16.5. The molecule has 1 fully saturated rings. The second-order valence-electron chi connectivity index (χ2n) is 6.75. The topological polar surface area (TPSA) is 101 Å². The molecule has 0 aliphatic carbocycles. The minimum absolute atomic E-state index is 0.0113. The average Bonchev–Trinajstić information content (AvgIpc) is 3.37. The van der Waals surface area contributed by atoms with E-state index in [0.29, 0.717) is 31.9 Å². The van der Waals surface area contributed by atoms with Crippen LogP contribution in [-0.4, -0.2) is 49.7 Å². The average molecular weight is 408 g/mol. The number of aromatic nitrogens is 4. The number of carbonyl (C=O) groups is 2. The summed E-state index contributed by atoms with van der Waals surface area (Å²) < 4.78 is 0. The van der Waals surface area contributed by atoms with Crippen LogP contribution in [-0.2, 0) is 22.6 Å². The molecule has 0 saturated carbocycles. The van der Waals surface area contributed by atoms with E-state index in [0.717, 1.165) is 16.4 Å². The number of hydrogen-bond donors (Lipinski definition) is 1. The highest BCUT2D eigenvalue weighted by Crippen LogP contribution is 2.21. The van der Waals surface area contributed by atoms with Gasteiger partial charge in [-0.1, -0.05) is 6.07 Å². The highest BCUT2D eigenvalue weighted by Gasteiger charge is 2.34. The summed E-state index contributed by atoms with van der Waals surface area (Å²) in [5.74, 6) is 0.173. The molecular weight excluding hydrogens is 388 g/mol. The van der Waals surface area contributed by atoms with Gasteiger partial charge in [-0.25, -0.2) is 15.0 Å². The van der Waals surface area contributed by atoms with Crippen molar-refractivity contribution < 1.29 is 9.59 Å². The van der Waals surface area contributed by atoms with Crippen molar-refractivity contribution in [3.05, 3.63) is 59.6 Å². The number of hydrogen-bond acceptors (Lipinski definition) is 7. The van der Waals surface area contributed by atoms with Crippen molar-refractivity contribution in [3.63, 3.8) is 0 Å². The summed E-state index contributed by atoms with van der Waals surface area (Å²) in [5, 5.41) is 5.64. The summed E-state index contributed by atoms with van der Waals surface area (Å²) in [6.45, 7) is 1.34. The summed E-state index contributed by atoms with van der Waals surface area (Å²) in [4.78, 5) is 43.5. The van der Waals surface area contributed by atoms with Gasteiger partial charge in [-0.2, -0.15) is 0 Å². The SMILES string of the molecule is O=C(NCCc1csc(-c2ncccn2)n1)C1CC(=O)N(Cc2ccccn2)C1. The lowest BCUT2D eigenvalue weighted by Gasteiger charge is -2.16. The first kappa shape index (κ1) is 19.1. The lowest BCUT2D eigenvalue weighted by molar-refractivity contribution is -0.129. The maximum Gasteiger partial charge on any atom is 0.225 e. The minimum atomic E-state index is -0.324. The van der Waals surface area contributed by atoms with Crippen molar-refractivity contribution in [3.8, 4) is 10.8 Å². The molecule has 1 N–H and O–H groups in total. The van der Waals surface area contributed by atoms with Crippen molar-refractivity contribution >= 4 is 23.2 Å². The van der Waals surface area contributed by atoms with E-state index >= 15 is 0 Å². The maximum absolute atomic E-state index is 12.5. The molecule has 4 heterocycles. The molecule has 148 valence electrons. The van der Waals surface area contributed by atoms with Crippen LogP contribution in [0.3, 0.4) is 0 Å². The fraction of sp³-hybridized carbons (Fsp3) is 0.300. The number of nitrogens with one attached hydrogen (secondary N) is 1. The molecule has 1 atom stereocenters. The van der Waals surface area contributed by atoms with E-state index in [1.807, 2.05) is 23.6 Å². The third kappa shape index (κ3) is 4.80. The number of nitrogens with zero attached hydrogens (tertiary/aromatic N) is 5. The fourth-order valence-electron chi connectivity index (χ4n) is 3.18. The van der Waals surface area contributed by atoms with Crippen LogP contribution < -0.4 is 5.32 Å². The van der Waals surface area contributed by atoms with Gasteiger partial charge in [0.25, 0.3) is 0 Å². The molecule has 1 aliphatic rings.